The molecule has 1 unspecified atom stereocenters. The number of rotatable bonds is 16. The van der Waals surface area contributed by atoms with Crippen LogP contribution in [0, 0.1) is 24.7 Å². The molecule has 0 bridgehead atoms. The average molecular weight is 1070 g/mol. The first kappa shape index (κ1) is 55.8. The Bertz CT molecular complexity index is 2820. The highest BCUT2D eigenvalue weighted by Crippen LogP contribution is 2.39. The number of carbonyl (C=O) groups excluding carboxylic acids is 1. The maximum atomic E-state index is 13.9. The van der Waals surface area contributed by atoms with Gasteiger partial charge in [-0.15, -0.1) is 39.2 Å². The van der Waals surface area contributed by atoms with Crippen LogP contribution in [0.5, 0.6) is 34.5 Å². The number of terminal acetylenes is 2. The van der Waals surface area contributed by atoms with Gasteiger partial charge in [-0.3, -0.25) is 19.4 Å². The summed E-state index contributed by atoms with van der Waals surface area (Å²) >= 11 is 0. The van der Waals surface area contributed by atoms with Crippen LogP contribution in [-0.4, -0.2) is 118 Å². The first-order chi connectivity index (χ1) is 34.5. The van der Waals surface area contributed by atoms with Gasteiger partial charge in [-0.2, -0.15) is 0 Å². The third kappa shape index (κ3) is 14.2. The molecule has 0 saturated carbocycles. The lowest BCUT2D eigenvalue weighted by Gasteiger charge is -2.39. The molecule has 3 heterocycles. The molecule has 0 aromatic heterocycles. The van der Waals surface area contributed by atoms with Gasteiger partial charge in [0.25, 0.3) is 5.91 Å². The van der Waals surface area contributed by atoms with Gasteiger partial charge in [-0.1, -0.05) is 11.8 Å². The summed E-state index contributed by atoms with van der Waals surface area (Å²) in [5, 5.41) is 9.80. The zero-order valence-electron chi connectivity index (χ0n) is 38.7. The minimum absolute atomic E-state index is 0.00231. The van der Waals surface area contributed by atoms with E-state index in [0.717, 1.165) is 37.1 Å². The van der Waals surface area contributed by atoms with Crippen molar-refractivity contribution in [2.75, 3.05) is 45.9 Å². The number of nitrogens with one attached hydrogen (secondary N) is 1. The van der Waals surface area contributed by atoms with Gasteiger partial charge in [0.05, 0.1) is 22.9 Å². The van der Waals surface area contributed by atoms with Crippen molar-refractivity contribution in [3.8, 4) is 59.2 Å². The number of amides is 1. The second kappa shape index (κ2) is 23.6. The Balaban J connectivity index is 0.000000243. The molecule has 0 radical (unpaired) electrons. The molecule has 3 saturated heterocycles. The largest absolute Gasteiger partial charge is 0.573 e. The van der Waals surface area contributed by atoms with Gasteiger partial charge in [-0.05, 0) is 136 Å². The lowest BCUT2D eigenvalue weighted by Crippen LogP contribution is -2.58. The standard InChI is InChI=1S/C27H29F3N2O7S.C22H20F3NO6S/c1-2-16-32-17-14-26(15-18-32,25(33)31-39-24-5-3-4-19-36-24)40(34,35)23-12-10-21(11-13-23)37-20-6-8-22(9-7-20)38-27(28,29)30;1-2-13-26-14-11-21(12-15-26,20(27)28)33(29,30)19-9-7-17(8-10-19)31-16-3-5-18(6-4-16)32-22(23,24)25/h1,6-13,24H,3-5,14-19H2,(H,31,33);1,3-10H,11-15H2,(H,27,28). The van der Waals surface area contributed by atoms with E-state index in [-0.39, 0.29) is 71.6 Å². The molecule has 2 N–H and O–H groups in total. The molecular weight excluding hydrogens is 1020 g/mol. The fourth-order valence-electron chi connectivity index (χ4n) is 8.15. The Morgan fingerprint density at radius 2 is 0.973 bits per heavy atom. The van der Waals surface area contributed by atoms with Crippen LogP contribution in [0.3, 0.4) is 0 Å². The average Bonchev–Trinajstić information content (AvgIpc) is 3.35. The summed E-state index contributed by atoms with van der Waals surface area (Å²) in [6, 6.07) is 20.0. The highest BCUT2D eigenvalue weighted by molar-refractivity contribution is 7.94. The second-order valence-electron chi connectivity index (χ2n) is 16.8. The number of ether oxygens (including phenoxy) is 5. The molecule has 3 aliphatic rings. The second-order valence-corrected chi connectivity index (χ2v) is 21.3. The number of benzene rings is 4. The summed E-state index contributed by atoms with van der Waals surface area (Å²) in [6.45, 7) is 2.21. The highest BCUT2D eigenvalue weighted by Gasteiger charge is 2.54. The zero-order chi connectivity index (χ0) is 53.1. The van der Waals surface area contributed by atoms with Gasteiger partial charge in [-0.25, -0.2) is 27.2 Å². The van der Waals surface area contributed by atoms with Crippen molar-refractivity contribution in [1.82, 2.24) is 15.3 Å². The summed E-state index contributed by atoms with van der Waals surface area (Å²) < 4.78 is 149. The molecule has 0 aliphatic carbocycles. The van der Waals surface area contributed by atoms with E-state index in [9.17, 15) is 57.9 Å². The fraction of sp³-hybridized carbons (Fsp3) is 0.388. The molecule has 1 amide bonds. The van der Waals surface area contributed by atoms with Crippen LogP contribution in [-0.2, 0) is 38.8 Å². The normalized spacial score (nSPS) is 18.3. The van der Waals surface area contributed by atoms with Crippen molar-refractivity contribution in [3.05, 3.63) is 97.1 Å². The minimum Gasteiger partial charge on any atom is -0.480 e. The fourth-order valence-corrected chi connectivity index (χ4v) is 12.0. The SMILES string of the molecule is C#CCN1CCC(C(=O)NOC2CCCCO2)(S(=O)(=O)c2ccc(Oc3ccc(OC(F)(F)F)cc3)cc2)CC1.C#CCN1CCC(C(=O)O)(S(=O)(=O)c2ccc(Oc3ccc(OC(F)(F)F)cc3)cc2)CC1. The molecule has 392 valence electrons. The van der Waals surface area contributed by atoms with E-state index in [2.05, 4.69) is 26.8 Å². The lowest BCUT2D eigenvalue weighted by atomic mass is 9.95. The van der Waals surface area contributed by atoms with E-state index in [1.807, 2.05) is 9.80 Å². The molecule has 3 aliphatic heterocycles. The summed E-state index contributed by atoms with van der Waals surface area (Å²) in [4.78, 5) is 34.4. The number of likely N-dealkylation sites (tertiary alicyclic amines) is 2. The smallest absolute Gasteiger partial charge is 0.480 e. The Labute approximate surface area is 417 Å². The number of aliphatic carboxylic acids is 1. The van der Waals surface area contributed by atoms with Crippen molar-refractivity contribution in [3.63, 3.8) is 0 Å². The van der Waals surface area contributed by atoms with Crippen LogP contribution in [0.1, 0.15) is 44.9 Å². The molecule has 0 spiro atoms. The van der Waals surface area contributed by atoms with E-state index in [1.54, 1.807) is 0 Å². The number of piperidine rings is 2. The Morgan fingerprint density at radius 3 is 1.32 bits per heavy atom. The van der Waals surface area contributed by atoms with Crippen LogP contribution in [0.4, 0.5) is 26.3 Å². The van der Waals surface area contributed by atoms with E-state index < -0.39 is 71.6 Å². The molecule has 7 rings (SSSR count). The zero-order valence-corrected chi connectivity index (χ0v) is 40.3. The topological polar surface area (TPSA) is 197 Å². The van der Waals surface area contributed by atoms with Crippen LogP contribution in [0.2, 0.25) is 0 Å². The number of carboxylic acid groups (broad SMARTS) is 1. The molecule has 3 fully saturated rings. The molecule has 1 atom stereocenters. The van der Waals surface area contributed by atoms with Crippen LogP contribution in [0.25, 0.3) is 0 Å². The van der Waals surface area contributed by atoms with Gasteiger partial charge < -0.3 is 28.8 Å². The number of hydrogen-bond donors (Lipinski definition) is 2. The molecule has 4 aromatic rings. The van der Waals surface area contributed by atoms with E-state index in [0.29, 0.717) is 39.2 Å². The number of nitrogens with zero attached hydrogens (tertiary/aromatic N) is 2. The Morgan fingerprint density at radius 1 is 0.616 bits per heavy atom. The van der Waals surface area contributed by atoms with Crippen molar-refractivity contribution in [1.29, 1.82) is 0 Å². The molecule has 73 heavy (non-hydrogen) atoms. The van der Waals surface area contributed by atoms with Crippen molar-refractivity contribution in [2.24, 2.45) is 0 Å². The molecule has 4 aromatic carbocycles. The maximum absolute atomic E-state index is 13.9. The summed E-state index contributed by atoms with van der Waals surface area (Å²) in [7, 11) is -8.45. The van der Waals surface area contributed by atoms with Crippen LogP contribution < -0.4 is 24.4 Å². The van der Waals surface area contributed by atoms with E-state index in [4.69, 9.17) is 31.9 Å². The number of carbonyl (C=O) groups is 2. The van der Waals surface area contributed by atoms with Crippen LogP contribution >= 0.6 is 0 Å². The van der Waals surface area contributed by atoms with Crippen LogP contribution in [0.15, 0.2) is 107 Å². The van der Waals surface area contributed by atoms with Crippen molar-refractivity contribution < 1.29 is 86.4 Å². The van der Waals surface area contributed by atoms with Gasteiger partial charge in [0.15, 0.2) is 35.5 Å². The first-order valence-electron chi connectivity index (χ1n) is 22.4. The van der Waals surface area contributed by atoms with Crippen molar-refractivity contribution >= 4 is 31.6 Å². The Kier molecular flexibility index (Phi) is 18.0. The first-order valence-corrected chi connectivity index (χ1v) is 25.4. The monoisotopic (exact) mass is 1070 g/mol. The molecular formula is C49H49F6N3O13S2. The maximum Gasteiger partial charge on any atom is 0.573 e. The number of halogens is 6. The quantitative estimate of drug-likeness (QED) is 0.0624. The van der Waals surface area contributed by atoms with E-state index in [1.165, 1.54) is 72.8 Å². The van der Waals surface area contributed by atoms with Gasteiger partial charge in [0, 0.05) is 39.2 Å². The third-order valence-electron chi connectivity index (χ3n) is 12.1. The summed E-state index contributed by atoms with van der Waals surface area (Å²) in [6.07, 6.45) is 2.54. The predicted molar refractivity (Wildman–Crippen MR) is 249 cm³/mol. The number of alkyl halides is 6. The molecule has 24 heteroatoms. The lowest BCUT2D eigenvalue weighted by molar-refractivity contribution is -0.275. The van der Waals surface area contributed by atoms with E-state index >= 15 is 0 Å². The van der Waals surface area contributed by atoms with Crippen molar-refractivity contribution in [2.45, 2.75) is 83.2 Å². The van der Waals surface area contributed by atoms with Gasteiger partial charge in [0.2, 0.25) is 0 Å². The Hall–Kier alpha value is -6.54. The number of hydrogen-bond acceptors (Lipinski definition) is 14. The van der Waals surface area contributed by atoms with Gasteiger partial charge >= 0.3 is 18.7 Å². The minimum atomic E-state index is -4.81. The highest BCUT2D eigenvalue weighted by atomic mass is 32.2. The summed E-state index contributed by atoms with van der Waals surface area (Å²) in [5.41, 5.74) is 2.34. The number of carboxylic acids is 1. The predicted octanol–water partition coefficient (Wildman–Crippen LogP) is 7.90. The van der Waals surface area contributed by atoms with Gasteiger partial charge in [0.1, 0.15) is 34.5 Å². The third-order valence-corrected chi connectivity index (χ3v) is 17.1. The number of hydroxylamine groups is 1. The molecule has 16 nitrogen and oxygen atoms in total. The number of sulfone groups is 2. The summed E-state index contributed by atoms with van der Waals surface area (Å²) in [5.74, 6) is 2.85.